The van der Waals surface area contributed by atoms with Crippen molar-refractivity contribution in [2.75, 3.05) is 14.2 Å². The molecule has 4 aromatic rings. The van der Waals surface area contributed by atoms with E-state index in [1.54, 1.807) is 42.3 Å². The Morgan fingerprint density at radius 3 is 2.53 bits per heavy atom. The van der Waals surface area contributed by atoms with E-state index in [-0.39, 0.29) is 5.91 Å². The molecule has 2 aromatic heterocycles. The summed E-state index contributed by atoms with van der Waals surface area (Å²) in [7, 11) is 3.41. The molecule has 30 heavy (non-hydrogen) atoms. The monoisotopic (exact) mass is 398 g/mol. The minimum atomic E-state index is -0.105. The van der Waals surface area contributed by atoms with Crippen molar-refractivity contribution in [1.82, 2.24) is 19.7 Å². The van der Waals surface area contributed by atoms with Gasteiger partial charge in [-0.05, 0) is 42.0 Å². The molecular weight excluding hydrogens is 376 g/mol. The van der Waals surface area contributed by atoms with Crippen LogP contribution in [0.3, 0.4) is 0 Å². The molecule has 0 atom stereocenters. The number of para-hydroxylation sites is 1. The summed E-state index contributed by atoms with van der Waals surface area (Å²) >= 11 is 0. The highest BCUT2D eigenvalue weighted by Crippen LogP contribution is 2.28. The van der Waals surface area contributed by atoms with Crippen LogP contribution in [-0.2, 0) is 6.54 Å². The number of carbonyl (C=O) groups is 1. The van der Waals surface area contributed by atoms with E-state index < -0.39 is 0 Å². The minimum Gasteiger partial charge on any atom is -0.497 e. The zero-order valence-corrected chi connectivity index (χ0v) is 16.9. The fourth-order valence-corrected chi connectivity index (χ4v) is 3.27. The topological polar surface area (TPSA) is 60.3 Å². The standard InChI is InChI=1S/C24H22N4O2/c1-27(16-18-11-13-25-14-12-18)24(29)22-17-28(20-8-4-3-5-9-20)26-23(22)19-7-6-10-21(15-19)30-2/h3-15,17H,16H2,1-2H3. The number of nitrogens with zero attached hydrogens (tertiary/aromatic N) is 4. The maximum atomic E-state index is 13.4. The Bertz CT molecular complexity index is 1140. The molecule has 0 N–H and O–H groups in total. The molecule has 0 aliphatic carbocycles. The molecule has 2 heterocycles. The highest BCUT2D eigenvalue weighted by atomic mass is 16.5. The van der Waals surface area contributed by atoms with Crippen molar-refractivity contribution in [3.05, 3.63) is 96.4 Å². The molecule has 150 valence electrons. The Kier molecular flexibility index (Phi) is 5.57. The van der Waals surface area contributed by atoms with Crippen molar-refractivity contribution in [2.24, 2.45) is 0 Å². The van der Waals surface area contributed by atoms with Crippen molar-refractivity contribution in [3.8, 4) is 22.7 Å². The number of aromatic nitrogens is 3. The van der Waals surface area contributed by atoms with Gasteiger partial charge in [0.05, 0.1) is 18.4 Å². The number of carbonyl (C=O) groups excluding carboxylic acids is 1. The molecule has 0 saturated carbocycles. The number of benzene rings is 2. The smallest absolute Gasteiger partial charge is 0.257 e. The lowest BCUT2D eigenvalue weighted by molar-refractivity contribution is 0.0786. The number of hydrogen-bond donors (Lipinski definition) is 0. The molecule has 0 unspecified atom stereocenters. The number of ether oxygens (including phenoxy) is 1. The van der Waals surface area contributed by atoms with Crippen LogP contribution in [0, 0.1) is 0 Å². The van der Waals surface area contributed by atoms with E-state index in [1.807, 2.05) is 66.7 Å². The molecule has 0 saturated heterocycles. The summed E-state index contributed by atoms with van der Waals surface area (Å²) in [6.45, 7) is 0.482. The van der Waals surface area contributed by atoms with E-state index in [2.05, 4.69) is 4.98 Å². The lowest BCUT2D eigenvalue weighted by Crippen LogP contribution is -2.26. The van der Waals surface area contributed by atoms with E-state index in [9.17, 15) is 4.79 Å². The van der Waals surface area contributed by atoms with Crippen LogP contribution in [0.25, 0.3) is 16.9 Å². The van der Waals surface area contributed by atoms with Crippen molar-refractivity contribution in [2.45, 2.75) is 6.54 Å². The third-order valence-electron chi connectivity index (χ3n) is 4.82. The van der Waals surface area contributed by atoms with Gasteiger partial charge in [-0.25, -0.2) is 4.68 Å². The van der Waals surface area contributed by atoms with Gasteiger partial charge in [0.25, 0.3) is 5.91 Å². The second kappa shape index (κ2) is 8.61. The van der Waals surface area contributed by atoms with Crippen LogP contribution < -0.4 is 4.74 Å². The van der Waals surface area contributed by atoms with Gasteiger partial charge in [0.1, 0.15) is 11.4 Å². The Hall–Kier alpha value is -3.93. The van der Waals surface area contributed by atoms with Crippen LogP contribution in [0.4, 0.5) is 0 Å². The molecular formula is C24H22N4O2. The third-order valence-corrected chi connectivity index (χ3v) is 4.82. The second-order valence-electron chi connectivity index (χ2n) is 6.92. The van der Waals surface area contributed by atoms with Crippen molar-refractivity contribution >= 4 is 5.91 Å². The highest BCUT2D eigenvalue weighted by Gasteiger charge is 2.22. The molecule has 6 heteroatoms. The second-order valence-corrected chi connectivity index (χ2v) is 6.92. The number of pyridine rings is 1. The lowest BCUT2D eigenvalue weighted by Gasteiger charge is -2.17. The summed E-state index contributed by atoms with van der Waals surface area (Å²) < 4.78 is 7.10. The van der Waals surface area contributed by atoms with Gasteiger partial charge >= 0.3 is 0 Å². The molecule has 0 aliphatic rings. The number of rotatable bonds is 6. The van der Waals surface area contributed by atoms with Crippen LogP contribution in [0.2, 0.25) is 0 Å². The number of hydrogen-bond acceptors (Lipinski definition) is 4. The van der Waals surface area contributed by atoms with E-state index in [0.29, 0.717) is 23.6 Å². The fraction of sp³-hybridized carbons (Fsp3) is 0.125. The molecule has 0 spiro atoms. The van der Waals surface area contributed by atoms with Crippen molar-refractivity contribution < 1.29 is 9.53 Å². The summed E-state index contributed by atoms with van der Waals surface area (Å²) in [5.41, 5.74) is 3.87. The maximum Gasteiger partial charge on any atom is 0.257 e. The first-order valence-corrected chi connectivity index (χ1v) is 9.59. The largest absolute Gasteiger partial charge is 0.497 e. The SMILES string of the molecule is COc1cccc(-c2nn(-c3ccccc3)cc2C(=O)N(C)Cc2ccncc2)c1. The van der Waals surface area contributed by atoms with E-state index in [0.717, 1.165) is 16.8 Å². The predicted octanol–water partition coefficient (Wildman–Crippen LogP) is 4.22. The molecule has 0 radical (unpaired) electrons. The van der Waals surface area contributed by atoms with Gasteiger partial charge in [0.15, 0.2) is 0 Å². The van der Waals surface area contributed by atoms with Crippen LogP contribution in [-0.4, -0.2) is 39.7 Å². The summed E-state index contributed by atoms with van der Waals surface area (Å²) in [4.78, 5) is 19.1. The molecule has 6 nitrogen and oxygen atoms in total. The van der Waals surface area contributed by atoms with E-state index >= 15 is 0 Å². The zero-order chi connectivity index (χ0) is 20.9. The third kappa shape index (κ3) is 4.07. The van der Waals surface area contributed by atoms with Gasteiger partial charge < -0.3 is 9.64 Å². The van der Waals surface area contributed by atoms with Gasteiger partial charge in [0, 0.05) is 37.7 Å². The number of amides is 1. The van der Waals surface area contributed by atoms with Gasteiger partial charge in [-0.1, -0.05) is 30.3 Å². The maximum absolute atomic E-state index is 13.4. The van der Waals surface area contributed by atoms with Gasteiger partial charge in [-0.2, -0.15) is 5.10 Å². The fourth-order valence-electron chi connectivity index (χ4n) is 3.27. The Labute approximate surface area is 175 Å². The first-order valence-electron chi connectivity index (χ1n) is 9.59. The average molecular weight is 398 g/mol. The quantitative estimate of drug-likeness (QED) is 0.488. The molecule has 0 aliphatic heterocycles. The molecule has 4 rings (SSSR count). The molecule has 0 fully saturated rings. The van der Waals surface area contributed by atoms with Gasteiger partial charge in [0.2, 0.25) is 0 Å². The van der Waals surface area contributed by atoms with Crippen LogP contribution >= 0.6 is 0 Å². The molecule has 1 amide bonds. The Morgan fingerprint density at radius 2 is 1.80 bits per heavy atom. The summed E-state index contributed by atoms with van der Waals surface area (Å²) in [5, 5.41) is 4.74. The summed E-state index contributed by atoms with van der Waals surface area (Å²) in [6.07, 6.45) is 5.24. The van der Waals surface area contributed by atoms with E-state index in [4.69, 9.17) is 9.84 Å². The summed E-state index contributed by atoms with van der Waals surface area (Å²) in [6, 6.07) is 21.1. The van der Waals surface area contributed by atoms with E-state index in [1.165, 1.54) is 0 Å². The van der Waals surface area contributed by atoms with Crippen molar-refractivity contribution in [1.29, 1.82) is 0 Å². The van der Waals surface area contributed by atoms with Crippen LogP contribution in [0.15, 0.2) is 85.3 Å². The Balaban J connectivity index is 1.74. The predicted molar refractivity (Wildman–Crippen MR) is 116 cm³/mol. The van der Waals surface area contributed by atoms with Gasteiger partial charge in [-0.3, -0.25) is 9.78 Å². The first kappa shape index (κ1) is 19.4. The van der Waals surface area contributed by atoms with Crippen molar-refractivity contribution in [3.63, 3.8) is 0 Å². The first-order chi connectivity index (χ1) is 14.7. The van der Waals surface area contributed by atoms with Crippen LogP contribution in [0.1, 0.15) is 15.9 Å². The molecule has 0 bridgehead atoms. The number of methoxy groups -OCH3 is 1. The lowest BCUT2D eigenvalue weighted by atomic mass is 10.1. The Morgan fingerprint density at radius 1 is 1.03 bits per heavy atom. The summed E-state index contributed by atoms with van der Waals surface area (Å²) in [5.74, 6) is 0.608. The van der Waals surface area contributed by atoms with Gasteiger partial charge in [-0.15, -0.1) is 0 Å². The minimum absolute atomic E-state index is 0.105. The van der Waals surface area contributed by atoms with Crippen LogP contribution in [0.5, 0.6) is 5.75 Å². The molecule has 2 aromatic carbocycles. The normalized spacial score (nSPS) is 10.6. The zero-order valence-electron chi connectivity index (χ0n) is 16.9. The highest BCUT2D eigenvalue weighted by molar-refractivity contribution is 5.99. The average Bonchev–Trinajstić information content (AvgIpc) is 3.25.